The summed E-state index contributed by atoms with van der Waals surface area (Å²) in [5.41, 5.74) is 5.32. The molecule has 0 atom stereocenters. The number of benzene rings is 3. The number of rotatable bonds is 7. The largest absolute Gasteiger partial charge is 0.493 e. The number of nitro benzene ring substituents is 1. The second-order valence-corrected chi connectivity index (χ2v) is 7.04. The number of hydrogen-bond donors (Lipinski definition) is 2. The molecule has 166 valence electrons. The van der Waals surface area contributed by atoms with E-state index in [0.29, 0.717) is 33.5 Å². The molecule has 0 aliphatic heterocycles. The van der Waals surface area contributed by atoms with Gasteiger partial charge in [-0.1, -0.05) is 30.3 Å². The molecule has 0 saturated heterocycles. The van der Waals surface area contributed by atoms with Gasteiger partial charge in [-0.3, -0.25) is 14.9 Å². The van der Waals surface area contributed by atoms with Gasteiger partial charge in [0.2, 0.25) is 0 Å². The molecular weight excluding hydrogens is 424 g/mol. The fourth-order valence-corrected chi connectivity index (χ4v) is 3.52. The zero-order valence-corrected chi connectivity index (χ0v) is 17.9. The van der Waals surface area contributed by atoms with E-state index < -0.39 is 10.8 Å². The van der Waals surface area contributed by atoms with Gasteiger partial charge in [-0.05, 0) is 35.4 Å². The zero-order valence-electron chi connectivity index (χ0n) is 17.9. The van der Waals surface area contributed by atoms with E-state index in [1.165, 1.54) is 25.5 Å². The van der Waals surface area contributed by atoms with E-state index in [1.807, 2.05) is 30.3 Å². The summed E-state index contributed by atoms with van der Waals surface area (Å²) >= 11 is 0. The highest BCUT2D eigenvalue weighted by atomic mass is 16.6. The molecule has 9 nitrogen and oxygen atoms in total. The minimum Gasteiger partial charge on any atom is -0.493 e. The number of ether oxygens (including phenoxy) is 2. The van der Waals surface area contributed by atoms with Crippen molar-refractivity contribution >= 4 is 28.7 Å². The molecule has 0 aliphatic rings. The number of hydrazone groups is 1. The van der Waals surface area contributed by atoms with Crippen molar-refractivity contribution in [3.05, 3.63) is 88.1 Å². The predicted molar refractivity (Wildman–Crippen MR) is 125 cm³/mol. The lowest BCUT2D eigenvalue weighted by atomic mass is 10.0. The molecule has 0 fully saturated rings. The maximum absolute atomic E-state index is 13.0. The lowest BCUT2D eigenvalue weighted by molar-refractivity contribution is -0.384. The molecule has 4 rings (SSSR count). The number of aromatic amines is 1. The van der Waals surface area contributed by atoms with Crippen LogP contribution in [0.2, 0.25) is 0 Å². The van der Waals surface area contributed by atoms with E-state index in [-0.39, 0.29) is 11.4 Å². The van der Waals surface area contributed by atoms with Crippen LogP contribution in [0.4, 0.5) is 5.69 Å². The van der Waals surface area contributed by atoms with E-state index in [2.05, 4.69) is 15.5 Å². The summed E-state index contributed by atoms with van der Waals surface area (Å²) in [4.78, 5) is 26.9. The third-order valence-corrected chi connectivity index (χ3v) is 5.07. The van der Waals surface area contributed by atoms with Crippen LogP contribution < -0.4 is 14.9 Å². The van der Waals surface area contributed by atoms with Gasteiger partial charge < -0.3 is 14.5 Å². The number of carbonyl (C=O) groups is 1. The fourth-order valence-electron chi connectivity index (χ4n) is 3.52. The summed E-state index contributed by atoms with van der Waals surface area (Å²) in [5.74, 6) is 0.638. The van der Waals surface area contributed by atoms with Crippen molar-refractivity contribution < 1.29 is 19.2 Å². The van der Waals surface area contributed by atoms with Gasteiger partial charge in [0.15, 0.2) is 11.5 Å². The molecule has 0 aliphatic carbocycles. The number of methoxy groups -OCH3 is 2. The summed E-state index contributed by atoms with van der Waals surface area (Å²) in [6.07, 6.45) is 1.48. The fraction of sp³-hybridized carbons (Fsp3) is 0.0833. The first-order chi connectivity index (χ1) is 16.0. The van der Waals surface area contributed by atoms with Crippen molar-refractivity contribution in [3.63, 3.8) is 0 Å². The van der Waals surface area contributed by atoms with E-state index >= 15 is 0 Å². The van der Waals surface area contributed by atoms with E-state index in [1.54, 1.807) is 31.4 Å². The number of nitro groups is 1. The topological polar surface area (TPSA) is 119 Å². The minimum atomic E-state index is -0.482. The quantitative estimate of drug-likeness (QED) is 0.247. The number of carbonyl (C=O) groups excluding carboxylic acids is 1. The number of aromatic nitrogens is 1. The molecule has 0 spiro atoms. The molecule has 0 bridgehead atoms. The summed E-state index contributed by atoms with van der Waals surface area (Å²) in [7, 11) is 3.08. The summed E-state index contributed by atoms with van der Waals surface area (Å²) in [6, 6.07) is 18.9. The molecular formula is C24H20N4O5. The average molecular weight is 444 g/mol. The minimum absolute atomic E-state index is 0.0582. The monoisotopic (exact) mass is 444 g/mol. The smallest absolute Gasteiger partial charge is 0.288 e. The zero-order chi connectivity index (χ0) is 23.4. The van der Waals surface area contributed by atoms with Crippen molar-refractivity contribution in [2.24, 2.45) is 5.10 Å². The van der Waals surface area contributed by atoms with Crippen LogP contribution in [0, 0.1) is 10.1 Å². The maximum atomic E-state index is 13.0. The summed E-state index contributed by atoms with van der Waals surface area (Å²) in [6.45, 7) is 0. The van der Waals surface area contributed by atoms with E-state index in [4.69, 9.17) is 9.47 Å². The molecule has 1 heterocycles. The molecule has 33 heavy (non-hydrogen) atoms. The third-order valence-electron chi connectivity index (χ3n) is 5.07. The Hall–Kier alpha value is -4.66. The molecule has 9 heteroatoms. The van der Waals surface area contributed by atoms with Gasteiger partial charge >= 0.3 is 0 Å². The second-order valence-electron chi connectivity index (χ2n) is 7.04. The standard InChI is InChI=1S/C24H20N4O5/c1-32-20-11-8-15(12-21(20)33-2)14-25-27-24(29)23-22(16-6-4-3-5-7-16)18-13-17(28(30)31)9-10-19(18)26-23/h3-14,26H,1-2H3,(H,27,29)/b25-14-. The van der Waals surface area contributed by atoms with Crippen LogP contribution in [0.5, 0.6) is 11.5 Å². The Labute approximate surface area is 188 Å². The van der Waals surface area contributed by atoms with Crippen LogP contribution in [0.15, 0.2) is 71.8 Å². The van der Waals surface area contributed by atoms with Crippen LogP contribution >= 0.6 is 0 Å². The third kappa shape index (κ3) is 4.38. The van der Waals surface area contributed by atoms with Crippen LogP contribution in [-0.2, 0) is 0 Å². The molecule has 3 aromatic carbocycles. The van der Waals surface area contributed by atoms with Gasteiger partial charge in [0.25, 0.3) is 11.6 Å². The Kier molecular flexibility index (Phi) is 6.03. The number of non-ortho nitro benzene ring substituents is 1. The molecule has 0 unspecified atom stereocenters. The number of amides is 1. The van der Waals surface area contributed by atoms with Gasteiger partial charge in [0.05, 0.1) is 25.4 Å². The van der Waals surface area contributed by atoms with Crippen LogP contribution in [0.3, 0.4) is 0 Å². The predicted octanol–water partition coefficient (Wildman–Crippen LogP) is 4.52. The Balaban J connectivity index is 1.68. The number of fused-ring (bicyclic) bond motifs is 1. The number of hydrogen-bond acceptors (Lipinski definition) is 6. The van der Waals surface area contributed by atoms with Crippen LogP contribution in [-0.4, -0.2) is 36.2 Å². The van der Waals surface area contributed by atoms with Crippen LogP contribution in [0.25, 0.3) is 22.0 Å². The van der Waals surface area contributed by atoms with E-state index in [0.717, 1.165) is 5.56 Å². The highest BCUT2D eigenvalue weighted by Gasteiger charge is 2.21. The summed E-state index contributed by atoms with van der Waals surface area (Å²) < 4.78 is 10.5. The van der Waals surface area contributed by atoms with Crippen molar-refractivity contribution in [3.8, 4) is 22.6 Å². The molecule has 2 N–H and O–H groups in total. The van der Waals surface area contributed by atoms with Crippen LogP contribution in [0.1, 0.15) is 16.1 Å². The molecule has 0 saturated carbocycles. The Morgan fingerprint density at radius 1 is 1.03 bits per heavy atom. The lowest BCUT2D eigenvalue weighted by Crippen LogP contribution is -2.18. The second kappa shape index (κ2) is 9.23. The number of nitrogens with zero attached hydrogens (tertiary/aromatic N) is 2. The average Bonchev–Trinajstić information content (AvgIpc) is 3.23. The molecule has 0 radical (unpaired) electrons. The van der Waals surface area contributed by atoms with Gasteiger partial charge in [-0.15, -0.1) is 0 Å². The Bertz CT molecular complexity index is 1360. The summed E-state index contributed by atoms with van der Waals surface area (Å²) in [5, 5.41) is 15.9. The molecule has 1 aromatic heterocycles. The SMILES string of the molecule is COc1ccc(/C=N\NC(=O)c2[nH]c3ccc([N+](=O)[O-])cc3c2-c2ccccc2)cc1OC. The Morgan fingerprint density at radius 2 is 1.79 bits per heavy atom. The van der Waals surface area contributed by atoms with Crippen molar-refractivity contribution in [2.45, 2.75) is 0 Å². The first-order valence-electron chi connectivity index (χ1n) is 9.92. The molecule has 1 amide bonds. The number of H-pyrrole nitrogens is 1. The number of nitrogens with one attached hydrogen (secondary N) is 2. The lowest BCUT2D eigenvalue weighted by Gasteiger charge is -2.07. The van der Waals surface area contributed by atoms with Crippen molar-refractivity contribution in [2.75, 3.05) is 14.2 Å². The normalized spacial score (nSPS) is 11.0. The molecule has 4 aromatic rings. The Morgan fingerprint density at radius 3 is 2.48 bits per heavy atom. The van der Waals surface area contributed by atoms with Gasteiger partial charge in [0, 0.05) is 28.6 Å². The van der Waals surface area contributed by atoms with Gasteiger partial charge in [-0.2, -0.15) is 5.10 Å². The van der Waals surface area contributed by atoms with E-state index in [9.17, 15) is 14.9 Å². The highest BCUT2D eigenvalue weighted by Crippen LogP contribution is 2.34. The first kappa shape index (κ1) is 21.6. The van der Waals surface area contributed by atoms with Gasteiger partial charge in [0.1, 0.15) is 5.69 Å². The first-order valence-corrected chi connectivity index (χ1v) is 9.92. The van der Waals surface area contributed by atoms with Crippen molar-refractivity contribution in [1.82, 2.24) is 10.4 Å². The van der Waals surface area contributed by atoms with Crippen molar-refractivity contribution in [1.29, 1.82) is 0 Å². The van der Waals surface area contributed by atoms with Gasteiger partial charge in [-0.25, -0.2) is 5.43 Å². The maximum Gasteiger partial charge on any atom is 0.288 e. The highest BCUT2D eigenvalue weighted by molar-refractivity contribution is 6.10.